The van der Waals surface area contributed by atoms with Crippen LogP contribution in [0.5, 0.6) is 0 Å². The van der Waals surface area contributed by atoms with E-state index in [0.717, 1.165) is 18.7 Å². The number of carbonyl (C=O) groups excluding carboxylic acids is 2. The van der Waals surface area contributed by atoms with Crippen molar-refractivity contribution in [3.05, 3.63) is 35.9 Å². The lowest BCUT2D eigenvalue weighted by Crippen LogP contribution is -2.43. The van der Waals surface area contributed by atoms with Crippen LogP contribution in [0.15, 0.2) is 30.3 Å². The third-order valence-electron chi connectivity index (χ3n) is 3.49. The molecule has 0 aliphatic heterocycles. The van der Waals surface area contributed by atoms with Crippen molar-refractivity contribution in [2.75, 3.05) is 26.2 Å². The van der Waals surface area contributed by atoms with Gasteiger partial charge in [0.05, 0.1) is 0 Å². The van der Waals surface area contributed by atoms with Crippen LogP contribution < -0.4 is 5.32 Å². The standard InChI is InChI=1S/C17H26N2O3.BrH/c1-4-19(5-2)11-12-22-17(21)16(18-14(3)20)13-15-9-7-6-8-10-15;/h6-10,16H,4-5,11-13H2,1-3H3,(H,18,20);1H/t16-;/m0./s1. The highest BCUT2D eigenvalue weighted by atomic mass is 79.9. The molecule has 0 aliphatic carbocycles. The Labute approximate surface area is 149 Å². The molecule has 0 aromatic heterocycles. The van der Waals surface area contributed by atoms with Crippen LogP contribution in [-0.4, -0.2) is 49.1 Å². The predicted octanol–water partition coefficient (Wildman–Crippen LogP) is 2.20. The number of nitrogens with zero attached hydrogens (tertiary/aromatic N) is 1. The van der Waals surface area contributed by atoms with Gasteiger partial charge in [-0.25, -0.2) is 4.79 Å². The molecular formula is C17H27BrN2O3. The summed E-state index contributed by atoms with van der Waals surface area (Å²) in [6.07, 6.45) is 0.435. The van der Waals surface area contributed by atoms with Crippen LogP contribution in [0.4, 0.5) is 0 Å². The number of ether oxygens (including phenoxy) is 1. The van der Waals surface area contributed by atoms with E-state index in [0.29, 0.717) is 19.6 Å². The molecule has 0 aliphatic rings. The van der Waals surface area contributed by atoms with Crippen molar-refractivity contribution in [3.8, 4) is 0 Å². The van der Waals surface area contributed by atoms with Crippen LogP contribution in [-0.2, 0) is 20.7 Å². The van der Waals surface area contributed by atoms with Gasteiger partial charge in [-0.15, -0.1) is 17.0 Å². The fraction of sp³-hybridized carbons (Fsp3) is 0.529. The zero-order valence-electron chi connectivity index (χ0n) is 14.1. The van der Waals surface area contributed by atoms with Crippen LogP contribution in [0, 0.1) is 0 Å². The van der Waals surface area contributed by atoms with E-state index in [1.807, 2.05) is 30.3 Å². The van der Waals surface area contributed by atoms with E-state index in [-0.39, 0.29) is 28.9 Å². The molecule has 0 fully saturated rings. The summed E-state index contributed by atoms with van der Waals surface area (Å²) in [6, 6.07) is 8.95. The normalized spacial score (nSPS) is 11.5. The third-order valence-corrected chi connectivity index (χ3v) is 3.49. The maximum Gasteiger partial charge on any atom is 0.329 e. The summed E-state index contributed by atoms with van der Waals surface area (Å²) in [5, 5.41) is 2.67. The molecule has 1 aromatic rings. The molecule has 0 radical (unpaired) electrons. The van der Waals surface area contributed by atoms with E-state index < -0.39 is 6.04 Å². The first kappa shape index (κ1) is 21.6. The minimum Gasteiger partial charge on any atom is -0.463 e. The average molecular weight is 387 g/mol. The number of hydrogen-bond donors (Lipinski definition) is 1. The molecule has 130 valence electrons. The Morgan fingerprint density at radius 3 is 2.30 bits per heavy atom. The second-order valence-electron chi connectivity index (χ2n) is 5.14. The topological polar surface area (TPSA) is 58.6 Å². The van der Waals surface area contributed by atoms with Gasteiger partial charge in [0.15, 0.2) is 0 Å². The number of likely N-dealkylation sites (N-methyl/N-ethyl adjacent to an activating group) is 1. The Morgan fingerprint density at radius 2 is 1.78 bits per heavy atom. The van der Waals surface area contributed by atoms with Crippen LogP contribution in [0.3, 0.4) is 0 Å². The molecular weight excluding hydrogens is 360 g/mol. The van der Waals surface area contributed by atoms with Gasteiger partial charge in [-0.05, 0) is 18.7 Å². The minimum atomic E-state index is -0.642. The zero-order chi connectivity index (χ0) is 16.4. The highest BCUT2D eigenvalue weighted by Gasteiger charge is 2.21. The Hall–Kier alpha value is -1.40. The minimum absolute atomic E-state index is 0. The summed E-state index contributed by atoms with van der Waals surface area (Å²) < 4.78 is 5.32. The Balaban J connectivity index is 0.00000484. The van der Waals surface area contributed by atoms with Crippen LogP contribution in [0.2, 0.25) is 0 Å². The molecule has 1 aromatic carbocycles. The van der Waals surface area contributed by atoms with E-state index in [9.17, 15) is 9.59 Å². The molecule has 0 unspecified atom stereocenters. The zero-order valence-corrected chi connectivity index (χ0v) is 15.8. The summed E-state index contributed by atoms with van der Waals surface area (Å²) in [5.74, 6) is -0.618. The monoisotopic (exact) mass is 386 g/mol. The lowest BCUT2D eigenvalue weighted by atomic mass is 10.1. The van der Waals surface area contributed by atoms with Crippen molar-refractivity contribution in [1.29, 1.82) is 0 Å². The fourth-order valence-electron chi connectivity index (χ4n) is 2.20. The van der Waals surface area contributed by atoms with E-state index in [4.69, 9.17) is 4.74 Å². The van der Waals surface area contributed by atoms with Gasteiger partial charge in [-0.1, -0.05) is 44.2 Å². The number of carbonyl (C=O) groups is 2. The molecule has 23 heavy (non-hydrogen) atoms. The Morgan fingerprint density at radius 1 is 1.17 bits per heavy atom. The second-order valence-corrected chi connectivity index (χ2v) is 5.14. The summed E-state index contributed by atoms with van der Waals surface area (Å²) in [7, 11) is 0. The van der Waals surface area contributed by atoms with Crippen molar-refractivity contribution >= 4 is 28.9 Å². The lowest BCUT2D eigenvalue weighted by Gasteiger charge is -2.20. The summed E-state index contributed by atoms with van der Waals surface area (Å²) in [5.41, 5.74) is 0.988. The molecule has 1 atom stereocenters. The van der Waals surface area contributed by atoms with Crippen molar-refractivity contribution in [1.82, 2.24) is 10.2 Å². The molecule has 0 spiro atoms. The predicted molar refractivity (Wildman–Crippen MR) is 96.8 cm³/mol. The number of hydrogen-bond acceptors (Lipinski definition) is 4. The molecule has 0 heterocycles. The van der Waals surface area contributed by atoms with Gasteiger partial charge in [0, 0.05) is 19.9 Å². The van der Waals surface area contributed by atoms with E-state index in [1.165, 1.54) is 6.92 Å². The molecule has 1 amide bonds. The largest absolute Gasteiger partial charge is 0.463 e. The number of benzene rings is 1. The van der Waals surface area contributed by atoms with Crippen LogP contribution >= 0.6 is 17.0 Å². The van der Waals surface area contributed by atoms with Crippen molar-refractivity contribution in [2.45, 2.75) is 33.2 Å². The maximum atomic E-state index is 12.2. The lowest BCUT2D eigenvalue weighted by molar-refractivity contribution is -0.148. The van der Waals surface area contributed by atoms with Crippen LogP contribution in [0.25, 0.3) is 0 Å². The van der Waals surface area contributed by atoms with E-state index in [1.54, 1.807) is 0 Å². The number of esters is 1. The van der Waals surface area contributed by atoms with Gasteiger partial charge >= 0.3 is 5.97 Å². The van der Waals surface area contributed by atoms with Gasteiger partial charge in [-0.2, -0.15) is 0 Å². The molecule has 5 nitrogen and oxygen atoms in total. The molecule has 1 N–H and O–H groups in total. The quantitative estimate of drug-likeness (QED) is 0.660. The van der Waals surface area contributed by atoms with E-state index >= 15 is 0 Å². The number of halogens is 1. The molecule has 0 saturated carbocycles. The summed E-state index contributed by atoms with van der Waals surface area (Å²) in [6.45, 7) is 8.44. The highest BCUT2D eigenvalue weighted by molar-refractivity contribution is 8.93. The summed E-state index contributed by atoms with van der Waals surface area (Å²) in [4.78, 5) is 25.7. The van der Waals surface area contributed by atoms with Gasteiger partial charge in [0.25, 0.3) is 0 Å². The number of nitrogens with one attached hydrogen (secondary N) is 1. The van der Waals surface area contributed by atoms with Crippen molar-refractivity contribution in [2.24, 2.45) is 0 Å². The molecule has 0 bridgehead atoms. The highest BCUT2D eigenvalue weighted by Crippen LogP contribution is 2.05. The third kappa shape index (κ3) is 8.71. The maximum absolute atomic E-state index is 12.2. The average Bonchev–Trinajstić information content (AvgIpc) is 2.51. The van der Waals surface area contributed by atoms with Crippen molar-refractivity contribution < 1.29 is 14.3 Å². The van der Waals surface area contributed by atoms with Crippen LogP contribution in [0.1, 0.15) is 26.3 Å². The first-order valence-electron chi connectivity index (χ1n) is 7.76. The van der Waals surface area contributed by atoms with Crippen molar-refractivity contribution in [3.63, 3.8) is 0 Å². The first-order chi connectivity index (χ1) is 10.6. The summed E-state index contributed by atoms with van der Waals surface area (Å²) >= 11 is 0. The molecule has 6 heteroatoms. The fourth-order valence-corrected chi connectivity index (χ4v) is 2.20. The molecule has 0 saturated heterocycles. The van der Waals surface area contributed by atoms with Gasteiger partial charge < -0.3 is 15.0 Å². The molecule has 1 rings (SSSR count). The smallest absolute Gasteiger partial charge is 0.329 e. The van der Waals surface area contributed by atoms with Gasteiger partial charge in [0.2, 0.25) is 5.91 Å². The Bertz CT molecular complexity index is 464. The van der Waals surface area contributed by atoms with Gasteiger partial charge in [0.1, 0.15) is 12.6 Å². The SMILES string of the molecule is Br.CCN(CC)CCOC(=O)[C@H](Cc1ccccc1)NC(C)=O. The second kappa shape index (κ2) is 12.1. The first-order valence-corrected chi connectivity index (χ1v) is 7.76. The van der Waals surface area contributed by atoms with Gasteiger partial charge in [-0.3, -0.25) is 4.79 Å². The number of rotatable bonds is 9. The Kier molecular flexibility index (Phi) is 11.3. The number of amides is 1. The van der Waals surface area contributed by atoms with E-state index in [2.05, 4.69) is 24.1 Å².